The quantitative estimate of drug-likeness (QED) is 0.765. The Bertz CT molecular complexity index is 944. The van der Waals surface area contributed by atoms with E-state index in [0.29, 0.717) is 19.0 Å². The highest BCUT2D eigenvalue weighted by Gasteiger charge is 2.31. The van der Waals surface area contributed by atoms with Crippen molar-refractivity contribution in [1.29, 1.82) is 0 Å². The first-order chi connectivity index (χ1) is 13.3. The molecule has 0 aromatic heterocycles. The molecule has 1 aliphatic rings. The number of carbonyl (C=O) groups is 1. The Hall–Kier alpha value is -2.41. The number of rotatable bonds is 5. The van der Waals surface area contributed by atoms with Crippen molar-refractivity contribution >= 4 is 21.6 Å². The van der Waals surface area contributed by atoms with Gasteiger partial charge in [0.2, 0.25) is 5.91 Å². The zero-order valence-corrected chi connectivity index (χ0v) is 17.0. The Morgan fingerprint density at radius 1 is 1.18 bits per heavy atom. The van der Waals surface area contributed by atoms with E-state index in [1.165, 1.54) is 30.3 Å². The number of amides is 1. The molecule has 0 bridgehead atoms. The van der Waals surface area contributed by atoms with Gasteiger partial charge in [-0.2, -0.15) is 0 Å². The van der Waals surface area contributed by atoms with Gasteiger partial charge >= 0.3 is 0 Å². The lowest BCUT2D eigenvalue weighted by molar-refractivity contribution is -0.131. The topological polar surface area (TPSA) is 57.7 Å². The Kier molecular flexibility index (Phi) is 6.03. The van der Waals surface area contributed by atoms with Crippen LogP contribution in [0.2, 0.25) is 0 Å². The third kappa shape index (κ3) is 4.35. The fraction of sp³-hybridized carbons (Fsp3) is 0.381. The van der Waals surface area contributed by atoms with E-state index in [1.807, 2.05) is 6.92 Å². The second-order valence-corrected chi connectivity index (χ2v) is 9.23. The number of halogens is 1. The number of anilines is 1. The molecular weight excluding hydrogens is 379 g/mol. The van der Waals surface area contributed by atoms with Gasteiger partial charge in [-0.25, -0.2) is 12.8 Å². The number of hydrogen-bond donors (Lipinski definition) is 0. The van der Waals surface area contributed by atoms with Crippen molar-refractivity contribution in [1.82, 2.24) is 4.90 Å². The van der Waals surface area contributed by atoms with Gasteiger partial charge in [-0.15, -0.1) is 0 Å². The lowest BCUT2D eigenvalue weighted by Crippen LogP contribution is -2.46. The number of para-hydroxylation sites is 1. The summed E-state index contributed by atoms with van der Waals surface area (Å²) in [5.41, 5.74) is 0.788. The summed E-state index contributed by atoms with van der Waals surface area (Å²) in [6.07, 6.45) is 1.93. The van der Waals surface area contributed by atoms with Crippen molar-refractivity contribution in [3.8, 4) is 0 Å². The maximum atomic E-state index is 14.5. The fourth-order valence-corrected chi connectivity index (χ4v) is 4.85. The molecule has 0 unspecified atom stereocenters. The predicted molar refractivity (Wildman–Crippen MR) is 107 cm³/mol. The number of nitrogens with zero attached hydrogens (tertiary/aromatic N) is 2. The minimum Gasteiger partial charge on any atom is -0.341 e. The van der Waals surface area contributed by atoms with Gasteiger partial charge in [-0.1, -0.05) is 36.8 Å². The van der Waals surface area contributed by atoms with Gasteiger partial charge in [-0.05, 0) is 49.9 Å². The zero-order chi connectivity index (χ0) is 20.3. The van der Waals surface area contributed by atoms with Gasteiger partial charge < -0.3 is 4.90 Å². The molecule has 1 atom stereocenters. The SMILES string of the molecule is Cc1ccc(S(=O)(=O)N(CC(=O)N2CCC[C@H](C)C2)c2ccccc2F)cc1. The van der Waals surface area contributed by atoms with E-state index in [-0.39, 0.29) is 16.5 Å². The Labute approximate surface area is 165 Å². The fourth-order valence-electron chi connectivity index (χ4n) is 3.43. The maximum absolute atomic E-state index is 14.5. The number of piperidine rings is 1. The molecule has 0 radical (unpaired) electrons. The van der Waals surface area contributed by atoms with Gasteiger partial charge in [0.1, 0.15) is 12.4 Å². The minimum absolute atomic E-state index is 0.0289. The van der Waals surface area contributed by atoms with Gasteiger partial charge in [0.15, 0.2) is 0 Å². The smallest absolute Gasteiger partial charge is 0.264 e. The monoisotopic (exact) mass is 404 g/mol. The molecule has 150 valence electrons. The molecule has 1 aliphatic heterocycles. The molecule has 0 spiro atoms. The third-order valence-electron chi connectivity index (χ3n) is 5.02. The second kappa shape index (κ2) is 8.31. The maximum Gasteiger partial charge on any atom is 0.264 e. The van der Waals surface area contributed by atoms with E-state index < -0.39 is 22.4 Å². The number of aryl methyl sites for hydroxylation is 1. The van der Waals surface area contributed by atoms with E-state index in [1.54, 1.807) is 23.1 Å². The average Bonchev–Trinajstić information content (AvgIpc) is 2.67. The summed E-state index contributed by atoms with van der Waals surface area (Å²) in [5.74, 6) is -0.628. The molecule has 3 rings (SSSR count). The normalized spacial score (nSPS) is 17.4. The number of likely N-dealkylation sites (tertiary alicyclic amines) is 1. The van der Waals surface area contributed by atoms with Crippen molar-refractivity contribution in [3.05, 3.63) is 59.9 Å². The summed E-state index contributed by atoms with van der Waals surface area (Å²) in [7, 11) is -4.09. The zero-order valence-electron chi connectivity index (χ0n) is 16.1. The number of sulfonamides is 1. The second-order valence-electron chi connectivity index (χ2n) is 7.36. The first-order valence-corrected chi connectivity index (χ1v) is 10.8. The van der Waals surface area contributed by atoms with Crippen LogP contribution in [0, 0.1) is 18.7 Å². The standard InChI is InChI=1S/C21H25FN2O3S/c1-16-9-11-18(12-10-16)28(26,27)24(20-8-4-3-7-19(20)22)15-21(25)23-13-5-6-17(2)14-23/h3-4,7-12,17H,5-6,13-15H2,1-2H3/t17-/m0/s1. The highest BCUT2D eigenvalue weighted by molar-refractivity contribution is 7.92. The Balaban J connectivity index is 1.97. The molecule has 0 saturated carbocycles. The molecule has 7 heteroatoms. The third-order valence-corrected chi connectivity index (χ3v) is 6.79. The molecule has 28 heavy (non-hydrogen) atoms. The predicted octanol–water partition coefficient (Wildman–Crippen LogP) is 3.59. The van der Waals surface area contributed by atoms with Crippen LogP contribution in [0.4, 0.5) is 10.1 Å². The van der Waals surface area contributed by atoms with E-state index in [4.69, 9.17) is 0 Å². The summed E-state index contributed by atoms with van der Waals surface area (Å²) < 4.78 is 41.9. The van der Waals surface area contributed by atoms with Crippen LogP contribution in [-0.2, 0) is 14.8 Å². The molecule has 5 nitrogen and oxygen atoms in total. The van der Waals surface area contributed by atoms with Gasteiger partial charge in [-0.3, -0.25) is 9.10 Å². The van der Waals surface area contributed by atoms with Crippen molar-refractivity contribution < 1.29 is 17.6 Å². The summed E-state index contributed by atoms with van der Waals surface area (Å²) in [5, 5.41) is 0. The van der Waals surface area contributed by atoms with Crippen LogP contribution in [0.25, 0.3) is 0 Å². The highest BCUT2D eigenvalue weighted by Crippen LogP contribution is 2.27. The molecule has 0 N–H and O–H groups in total. The van der Waals surface area contributed by atoms with Crippen molar-refractivity contribution in [3.63, 3.8) is 0 Å². The molecule has 1 fully saturated rings. The van der Waals surface area contributed by atoms with Gasteiger partial charge in [0, 0.05) is 13.1 Å². The van der Waals surface area contributed by atoms with Crippen LogP contribution in [0.5, 0.6) is 0 Å². The first-order valence-electron chi connectivity index (χ1n) is 9.41. The van der Waals surface area contributed by atoms with Crippen LogP contribution in [0.3, 0.4) is 0 Å². The van der Waals surface area contributed by atoms with Crippen LogP contribution >= 0.6 is 0 Å². The summed E-state index contributed by atoms with van der Waals surface area (Å²) in [4.78, 5) is 14.6. The summed E-state index contributed by atoms with van der Waals surface area (Å²) in [6.45, 7) is 4.68. The average molecular weight is 405 g/mol. The summed E-state index contributed by atoms with van der Waals surface area (Å²) in [6, 6.07) is 11.9. The van der Waals surface area contributed by atoms with E-state index in [9.17, 15) is 17.6 Å². The molecule has 2 aromatic carbocycles. The Morgan fingerprint density at radius 3 is 2.50 bits per heavy atom. The van der Waals surface area contributed by atoms with Crippen LogP contribution in [-0.4, -0.2) is 38.9 Å². The Morgan fingerprint density at radius 2 is 1.86 bits per heavy atom. The van der Waals surface area contributed by atoms with Crippen molar-refractivity contribution in [2.24, 2.45) is 5.92 Å². The van der Waals surface area contributed by atoms with Crippen molar-refractivity contribution in [2.45, 2.75) is 31.6 Å². The van der Waals surface area contributed by atoms with E-state index >= 15 is 0 Å². The molecule has 1 heterocycles. The number of benzene rings is 2. The first kappa shape index (κ1) is 20.3. The molecule has 1 amide bonds. The van der Waals surface area contributed by atoms with Crippen LogP contribution < -0.4 is 4.31 Å². The van der Waals surface area contributed by atoms with Crippen LogP contribution in [0.15, 0.2) is 53.4 Å². The summed E-state index contributed by atoms with van der Waals surface area (Å²) >= 11 is 0. The molecule has 2 aromatic rings. The molecule has 1 saturated heterocycles. The molecular formula is C21H25FN2O3S. The minimum atomic E-state index is -4.09. The van der Waals surface area contributed by atoms with E-state index in [2.05, 4.69) is 6.92 Å². The van der Waals surface area contributed by atoms with Crippen molar-refractivity contribution in [2.75, 3.05) is 23.9 Å². The lowest BCUT2D eigenvalue weighted by Gasteiger charge is -2.33. The van der Waals surface area contributed by atoms with E-state index in [0.717, 1.165) is 22.7 Å². The largest absolute Gasteiger partial charge is 0.341 e. The number of carbonyl (C=O) groups excluding carboxylic acids is 1. The van der Waals surface area contributed by atoms with Gasteiger partial charge in [0.25, 0.3) is 10.0 Å². The number of hydrogen-bond acceptors (Lipinski definition) is 3. The van der Waals surface area contributed by atoms with Gasteiger partial charge in [0.05, 0.1) is 10.6 Å². The lowest BCUT2D eigenvalue weighted by atomic mass is 10.0. The van der Waals surface area contributed by atoms with Crippen LogP contribution in [0.1, 0.15) is 25.3 Å². The highest BCUT2D eigenvalue weighted by atomic mass is 32.2. The molecule has 0 aliphatic carbocycles.